The Bertz CT molecular complexity index is 1140. The van der Waals surface area contributed by atoms with Gasteiger partial charge in [-0.1, -0.05) is 23.7 Å². The molecule has 0 aliphatic carbocycles. The second-order valence-electron chi connectivity index (χ2n) is 6.81. The predicted molar refractivity (Wildman–Crippen MR) is 123 cm³/mol. The molecule has 3 N–H and O–H groups in total. The minimum atomic E-state index is -0.388. The van der Waals surface area contributed by atoms with Crippen molar-refractivity contribution in [1.29, 1.82) is 0 Å². The van der Waals surface area contributed by atoms with E-state index in [1.54, 1.807) is 36.4 Å². The van der Waals surface area contributed by atoms with Gasteiger partial charge in [-0.3, -0.25) is 9.78 Å². The first-order valence-corrected chi connectivity index (χ1v) is 10.1. The van der Waals surface area contributed by atoms with Crippen LogP contribution in [0.2, 0.25) is 5.02 Å². The smallest absolute Gasteiger partial charge is 0.319 e. The summed E-state index contributed by atoms with van der Waals surface area (Å²) in [5.74, 6) is 1.21. The van der Waals surface area contributed by atoms with Crippen LogP contribution < -0.4 is 25.4 Å². The molecule has 1 heterocycles. The third-order valence-corrected chi connectivity index (χ3v) is 4.91. The molecule has 166 valence electrons. The van der Waals surface area contributed by atoms with Gasteiger partial charge in [0.05, 0.1) is 12.8 Å². The van der Waals surface area contributed by atoms with Crippen LogP contribution in [0, 0.1) is 6.92 Å². The summed E-state index contributed by atoms with van der Waals surface area (Å²) >= 11 is 6.10. The maximum absolute atomic E-state index is 12.4. The Hall–Kier alpha value is -3.78. The molecule has 9 heteroatoms. The molecule has 0 fully saturated rings. The highest BCUT2D eigenvalue weighted by atomic mass is 35.5. The summed E-state index contributed by atoms with van der Waals surface area (Å²) in [5, 5.41) is 8.64. The van der Waals surface area contributed by atoms with E-state index >= 15 is 0 Å². The first-order chi connectivity index (χ1) is 15.4. The lowest BCUT2D eigenvalue weighted by Gasteiger charge is -2.13. The molecule has 0 bridgehead atoms. The summed E-state index contributed by atoms with van der Waals surface area (Å²) < 4.78 is 11.1. The molecule has 3 rings (SSSR count). The van der Waals surface area contributed by atoms with Gasteiger partial charge in [0, 0.05) is 36.9 Å². The molecular weight excluding hydrogens is 432 g/mol. The van der Waals surface area contributed by atoms with Gasteiger partial charge in [0.15, 0.2) is 0 Å². The van der Waals surface area contributed by atoms with Crippen LogP contribution >= 0.6 is 11.6 Å². The Morgan fingerprint density at radius 3 is 2.62 bits per heavy atom. The van der Waals surface area contributed by atoms with Crippen LogP contribution in [0.1, 0.15) is 21.6 Å². The Morgan fingerprint density at radius 1 is 1.09 bits per heavy atom. The third kappa shape index (κ3) is 5.89. The Balaban J connectivity index is 1.62. The van der Waals surface area contributed by atoms with E-state index in [0.717, 1.165) is 11.1 Å². The zero-order chi connectivity index (χ0) is 23.1. The molecule has 0 radical (unpaired) electrons. The van der Waals surface area contributed by atoms with Gasteiger partial charge < -0.3 is 25.4 Å². The molecule has 1 aromatic heterocycles. The molecule has 0 aliphatic rings. The van der Waals surface area contributed by atoms with Gasteiger partial charge in [-0.2, -0.15) is 0 Å². The number of rotatable bonds is 7. The van der Waals surface area contributed by atoms with Gasteiger partial charge in [0.2, 0.25) is 0 Å². The maximum atomic E-state index is 12.4. The van der Waals surface area contributed by atoms with Gasteiger partial charge in [-0.15, -0.1) is 0 Å². The summed E-state index contributed by atoms with van der Waals surface area (Å²) in [7, 11) is 3.05. The quantitative estimate of drug-likeness (QED) is 0.487. The Kier molecular flexibility index (Phi) is 7.51. The van der Waals surface area contributed by atoms with Crippen LogP contribution in [0.5, 0.6) is 17.2 Å². The maximum Gasteiger partial charge on any atom is 0.319 e. The number of carbonyl (C=O) groups excluding carboxylic acids is 2. The van der Waals surface area contributed by atoms with Crippen LogP contribution in [-0.4, -0.2) is 31.1 Å². The van der Waals surface area contributed by atoms with Gasteiger partial charge in [-0.25, -0.2) is 4.79 Å². The molecule has 0 atom stereocenters. The number of aryl methyl sites for hydroxylation is 1. The van der Waals surface area contributed by atoms with E-state index in [0.29, 0.717) is 28.0 Å². The number of urea groups is 1. The number of methoxy groups -OCH3 is 1. The van der Waals surface area contributed by atoms with Crippen LogP contribution in [0.25, 0.3) is 0 Å². The van der Waals surface area contributed by atoms with Crippen molar-refractivity contribution in [1.82, 2.24) is 15.6 Å². The summed E-state index contributed by atoms with van der Waals surface area (Å²) in [6.07, 6.45) is 1.50. The molecule has 2 aromatic carbocycles. The molecule has 8 nitrogen and oxygen atoms in total. The van der Waals surface area contributed by atoms with Gasteiger partial charge in [0.25, 0.3) is 5.91 Å². The van der Waals surface area contributed by atoms with Crippen molar-refractivity contribution >= 4 is 29.2 Å². The fourth-order valence-corrected chi connectivity index (χ4v) is 3.01. The second kappa shape index (κ2) is 10.5. The van der Waals surface area contributed by atoms with Crippen molar-refractivity contribution < 1.29 is 19.1 Å². The van der Waals surface area contributed by atoms with Crippen molar-refractivity contribution in [3.63, 3.8) is 0 Å². The molecule has 0 spiro atoms. The predicted octanol–water partition coefficient (Wildman–Crippen LogP) is 4.53. The summed E-state index contributed by atoms with van der Waals surface area (Å²) in [6, 6.07) is 13.5. The van der Waals surface area contributed by atoms with Crippen LogP contribution in [0.15, 0.2) is 54.7 Å². The third-order valence-electron chi connectivity index (χ3n) is 4.51. The molecule has 3 amide bonds. The number of hydrogen-bond acceptors (Lipinski definition) is 5. The van der Waals surface area contributed by atoms with Crippen molar-refractivity contribution in [3.05, 3.63) is 76.6 Å². The van der Waals surface area contributed by atoms with Gasteiger partial charge >= 0.3 is 6.03 Å². The summed E-state index contributed by atoms with van der Waals surface area (Å²) in [5.41, 5.74) is 2.43. The number of ether oxygens (including phenoxy) is 2. The van der Waals surface area contributed by atoms with E-state index in [-0.39, 0.29) is 24.2 Å². The number of amides is 3. The first kappa shape index (κ1) is 22.9. The highest BCUT2D eigenvalue weighted by molar-refractivity contribution is 6.31. The highest BCUT2D eigenvalue weighted by Crippen LogP contribution is 2.31. The minimum Gasteiger partial charge on any atom is -0.495 e. The van der Waals surface area contributed by atoms with Crippen LogP contribution in [0.4, 0.5) is 10.5 Å². The van der Waals surface area contributed by atoms with Gasteiger partial charge in [0.1, 0.15) is 22.9 Å². The molecule has 0 saturated carbocycles. The second-order valence-corrected chi connectivity index (χ2v) is 7.22. The van der Waals surface area contributed by atoms with E-state index in [4.69, 9.17) is 21.1 Å². The number of nitrogens with zero attached hydrogens (tertiary/aromatic N) is 1. The average molecular weight is 455 g/mol. The fraction of sp³-hybridized carbons (Fsp3) is 0.174. The molecule has 0 saturated heterocycles. The molecular formula is C23H23ClN4O4. The number of anilines is 1. The zero-order valence-electron chi connectivity index (χ0n) is 17.9. The number of carbonyl (C=O) groups is 2. The first-order valence-electron chi connectivity index (χ1n) is 9.73. The van der Waals surface area contributed by atoms with E-state index < -0.39 is 0 Å². The molecule has 32 heavy (non-hydrogen) atoms. The van der Waals surface area contributed by atoms with E-state index in [1.165, 1.54) is 20.4 Å². The molecule has 0 aliphatic heterocycles. The largest absolute Gasteiger partial charge is 0.495 e. The van der Waals surface area contributed by atoms with Crippen molar-refractivity contribution in [3.8, 4) is 17.2 Å². The standard InChI is InChI=1S/C23H23ClN4O4/c1-14-9-19(21(31-3)12-18(14)24)28-23(30)27-13-15-5-4-6-16(10-15)32-17-7-8-26-20(11-17)22(29)25-2/h4-12H,13H2,1-3H3,(H,25,29)(H2,27,28,30). The lowest BCUT2D eigenvalue weighted by molar-refractivity contribution is 0.0958. The Morgan fingerprint density at radius 2 is 1.88 bits per heavy atom. The van der Waals surface area contributed by atoms with Crippen LogP contribution in [0.3, 0.4) is 0 Å². The zero-order valence-corrected chi connectivity index (χ0v) is 18.6. The lowest BCUT2D eigenvalue weighted by Crippen LogP contribution is -2.28. The highest BCUT2D eigenvalue weighted by Gasteiger charge is 2.11. The number of aromatic nitrogens is 1. The lowest BCUT2D eigenvalue weighted by atomic mass is 10.2. The number of hydrogen-bond donors (Lipinski definition) is 3. The Labute approximate surface area is 190 Å². The van der Waals surface area contributed by atoms with E-state index in [2.05, 4.69) is 20.9 Å². The molecule has 3 aromatic rings. The van der Waals surface area contributed by atoms with Crippen molar-refractivity contribution in [2.45, 2.75) is 13.5 Å². The van der Waals surface area contributed by atoms with Crippen molar-refractivity contribution in [2.24, 2.45) is 0 Å². The van der Waals surface area contributed by atoms with E-state index in [1.807, 2.05) is 19.1 Å². The number of halogens is 1. The fourth-order valence-electron chi connectivity index (χ4n) is 2.86. The van der Waals surface area contributed by atoms with Gasteiger partial charge in [-0.05, 0) is 42.3 Å². The topological polar surface area (TPSA) is 102 Å². The van der Waals surface area contributed by atoms with Crippen LogP contribution in [-0.2, 0) is 6.54 Å². The monoisotopic (exact) mass is 454 g/mol. The minimum absolute atomic E-state index is 0.257. The SMILES string of the molecule is CNC(=O)c1cc(Oc2cccc(CNC(=O)Nc3cc(C)c(Cl)cc3OC)c2)ccn1. The number of nitrogens with one attached hydrogen (secondary N) is 3. The van der Waals surface area contributed by atoms with E-state index in [9.17, 15) is 9.59 Å². The number of pyridine rings is 1. The summed E-state index contributed by atoms with van der Waals surface area (Å²) in [4.78, 5) is 28.1. The molecule has 0 unspecified atom stereocenters. The van der Waals surface area contributed by atoms with Crippen molar-refractivity contribution in [2.75, 3.05) is 19.5 Å². The normalized spacial score (nSPS) is 10.2. The average Bonchev–Trinajstić information content (AvgIpc) is 2.80. The summed E-state index contributed by atoms with van der Waals surface area (Å²) in [6.45, 7) is 2.12. The number of benzene rings is 2.